The summed E-state index contributed by atoms with van der Waals surface area (Å²) in [6, 6.07) is 0. The van der Waals surface area contributed by atoms with Gasteiger partial charge in [-0.25, -0.2) is 8.78 Å². The van der Waals surface area contributed by atoms with Gasteiger partial charge in [0.2, 0.25) is 0 Å². The number of rotatable bonds is 1. The summed E-state index contributed by atoms with van der Waals surface area (Å²) in [4.78, 5) is 0. The van der Waals surface area contributed by atoms with Crippen LogP contribution in [0.2, 0.25) is 0 Å². The van der Waals surface area contributed by atoms with E-state index in [1.54, 1.807) is 0 Å². The number of halogens is 2. The Bertz CT molecular complexity index is 224. The Labute approximate surface area is 64.6 Å². The zero-order chi connectivity index (χ0) is 7.84. The summed E-state index contributed by atoms with van der Waals surface area (Å²) in [5.74, 6) is -0.183. The summed E-state index contributed by atoms with van der Waals surface area (Å²) in [5.41, 5.74) is 0. The van der Waals surface area contributed by atoms with Gasteiger partial charge >= 0.3 is 0 Å². The highest BCUT2D eigenvalue weighted by Gasteiger charge is 2.34. The Balaban J connectivity index is 2.11. The molecule has 0 radical (unpaired) electrons. The van der Waals surface area contributed by atoms with E-state index in [0.717, 1.165) is 18.9 Å². The van der Waals surface area contributed by atoms with E-state index in [1.165, 1.54) is 6.08 Å². The highest BCUT2D eigenvalue weighted by molar-refractivity contribution is 5.22. The van der Waals surface area contributed by atoms with Gasteiger partial charge in [0, 0.05) is 12.0 Å². The highest BCUT2D eigenvalue weighted by Crippen LogP contribution is 2.44. The van der Waals surface area contributed by atoms with Crippen molar-refractivity contribution < 1.29 is 8.78 Å². The minimum atomic E-state index is -0.417. The van der Waals surface area contributed by atoms with Crippen LogP contribution < -0.4 is 0 Å². The summed E-state index contributed by atoms with van der Waals surface area (Å²) >= 11 is 0. The molecule has 2 heteroatoms. The van der Waals surface area contributed by atoms with Crippen molar-refractivity contribution in [3.05, 3.63) is 23.8 Å². The van der Waals surface area contributed by atoms with Crippen molar-refractivity contribution in [3.8, 4) is 0 Å². The van der Waals surface area contributed by atoms with Gasteiger partial charge in [-0.3, -0.25) is 0 Å². The molecular weight excluding hydrogens is 146 g/mol. The molecule has 2 aliphatic rings. The first-order chi connectivity index (χ1) is 5.27. The Morgan fingerprint density at radius 2 is 2.00 bits per heavy atom. The monoisotopic (exact) mass is 156 g/mol. The fourth-order valence-electron chi connectivity index (χ4n) is 1.57. The van der Waals surface area contributed by atoms with Crippen molar-refractivity contribution in [2.45, 2.75) is 19.3 Å². The van der Waals surface area contributed by atoms with Gasteiger partial charge in [-0.15, -0.1) is 0 Å². The van der Waals surface area contributed by atoms with Gasteiger partial charge in [-0.05, 0) is 31.3 Å². The molecule has 1 fully saturated rings. The van der Waals surface area contributed by atoms with Crippen LogP contribution in [0.3, 0.4) is 0 Å². The Morgan fingerprint density at radius 1 is 1.27 bits per heavy atom. The Hall–Kier alpha value is -0.660. The van der Waals surface area contributed by atoms with Crippen molar-refractivity contribution in [1.29, 1.82) is 0 Å². The average molecular weight is 156 g/mol. The summed E-state index contributed by atoms with van der Waals surface area (Å²) in [5, 5.41) is 0. The maximum atomic E-state index is 13.0. The van der Waals surface area contributed by atoms with E-state index < -0.39 is 5.83 Å². The third-order valence-electron chi connectivity index (χ3n) is 2.39. The predicted octanol–water partition coefficient (Wildman–Crippen LogP) is 3.12. The van der Waals surface area contributed by atoms with Crippen molar-refractivity contribution in [2.75, 3.05) is 0 Å². The SMILES string of the molecule is FC1=CCC(C2CC2)C(F)=C1. The molecule has 0 aliphatic heterocycles. The van der Waals surface area contributed by atoms with Crippen molar-refractivity contribution >= 4 is 0 Å². The molecule has 0 heterocycles. The zero-order valence-electron chi connectivity index (χ0n) is 6.19. The molecule has 60 valence electrons. The summed E-state index contributed by atoms with van der Waals surface area (Å²) in [7, 11) is 0. The average Bonchev–Trinajstić information content (AvgIpc) is 2.70. The lowest BCUT2D eigenvalue weighted by molar-refractivity contribution is 0.411. The van der Waals surface area contributed by atoms with E-state index in [9.17, 15) is 8.78 Å². The van der Waals surface area contributed by atoms with E-state index in [0.29, 0.717) is 12.3 Å². The van der Waals surface area contributed by atoms with E-state index in [2.05, 4.69) is 0 Å². The van der Waals surface area contributed by atoms with Crippen LogP contribution in [0.15, 0.2) is 23.8 Å². The lowest BCUT2D eigenvalue weighted by Gasteiger charge is -2.14. The lowest BCUT2D eigenvalue weighted by atomic mass is 9.94. The van der Waals surface area contributed by atoms with E-state index in [1.807, 2.05) is 0 Å². The van der Waals surface area contributed by atoms with E-state index in [-0.39, 0.29) is 11.7 Å². The maximum absolute atomic E-state index is 13.0. The minimum Gasteiger partial charge on any atom is -0.211 e. The third kappa shape index (κ3) is 1.35. The second kappa shape index (κ2) is 2.43. The number of allylic oxidation sites excluding steroid dienone is 4. The first-order valence-electron chi connectivity index (χ1n) is 4.00. The van der Waals surface area contributed by atoms with Crippen molar-refractivity contribution in [2.24, 2.45) is 11.8 Å². The minimum absolute atomic E-state index is 0.00509. The first kappa shape index (κ1) is 7.01. The van der Waals surface area contributed by atoms with Gasteiger partial charge in [-0.2, -0.15) is 0 Å². The number of hydrogen-bond acceptors (Lipinski definition) is 0. The first-order valence-corrected chi connectivity index (χ1v) is 4.00. The molecule has 0 aromatic rings. The Kier molecular flexibility index (Phi) is 1.55. The fraction of sp³-hybridized carbons (Fsp3) is 0.556. The van der Waals surface area contributed by atoms with Gasteiger partial charge in [0.25, 0.3) is 0 Å². The molecule has 2 aliphatic carbocycles. The van der Waals surface area contributed by atoms with E-state index >= 15 is 0 Å². The lowest BCUT2D eigenvalue weighted by Crippen LogP contribution is -2.05. The summed E-state index contributed by atoms with van der Waals surface area (Å²) < 4.78 is 25.4. The van der Waals surface area contributed by atoms with Crippen LogP contribution in [0.1, 0.15) is 19.3 Å². The van der Waals surface area contributed by atoms with Gasteiger partial charge < -0.3 is 0 Å². The van der Waals surface area contributed by atoms with Crippen LogP contribution in [-0.4, -0.2) is 0 Å². The van der Waals surface area contributed by atoms with Crippen LogP contribution in [0, 0.1) is 11.8 Å². The molecule has 11 heavy (non-hydrogen) atoms. The molecule has 0 bridgehead atoms. The van der Waals surface area contributed by atoms with Gasteiger partial charge in [0.1, 0.15) is 11.7 Å². The summed E-state index contributed by atoms with van der Waals surface area (Å²) in [6.07, 6.45) is 5.28. The third-order valence-corrected chi connectivity index (χ3v) is 2.39. The molecule has 1 atom stereocenters. The Morgan fingerprint density at radius 3 is 2.55 bits per heavy atom. The van der Waals surface area contributed by atoms with Crippen molar-refractivity contribution in [3.63, 3.8) is 0 Å². The largest absolute Gasteiger partial charge is 0.211 e. The molecule has 2 rings (SSSR count). The standard InChI is InChI=1S/C9H10F2/c10-7-3-4-8(6-1-2-6)9(11)5-7/h3,5-6,8H,1-2,4H2. The molecule has 0 spiro atoms. The molecule has 0 N–H and O–H groups in total. The second-order valence-corrected chi connectivity index (χ2v) is 3.30. The predicted molar refractivity (Wildman–Crippen MR) is 39.2 cm³/mol. The van der Waals surface area contributed by atoms with Crippen LogP contribution in [0.4, 0.5) is 8.78 Å². The van der Waals surface area contributed by atoms with Crippen LogP contribution in [0.5, 0.6) is 0 Å². The maximum Gasteiger partial charge on any atom is 0.121 e. The molecule has 0 aromatic carbocycles. The molecule has 1 unspecified atom stereocenters. The molecule has 0 nitrogen and oxygen atoms in total. The number of hydrogen-bond donors (Lipinski definition) is 0. The van der Waals surface area contributed by atoms with Crippen molar-refractivity contribution in [1.82, 2.24) is 0 Å². The molecule has 0 saturated heterocycles. The summed E-state index contributed by atoms with van der Waals surface area (Å²) in [6.45, 7) is 0. The highest BCUT2D eigenvalue weighted by atomic mass is 19.1. The van der Waals surface area contributed by atoms with Gasteiger partial charge in [0.15, 0.2) is 0 Å². The second-order valence-electron chi connectivity index (χ2n) is 3.30. The molecule has 1 saturated carbocycles. The topological polar surface area (TPSA) is 0 Å². The zero-order valence-corrected chi connectivity index (χ0v) is 6.19. The quantitative estimate of drug-likeness (QED) is 0.547. The molecule has 0 amide bonds. The van der Waals surface area contributed by atoms with E-state index in [4.69, 9.17) is 0 Å². The molecular formula is C9H10F2. The fourth-order valence-corrected chi connectivity index (χ4v) is 1.57. The van der Waals surface area contributed by atoms with Crippen LogP contribution in [0.25, 0.3) is 0 Å². The normalized spacial score (nSPS) is 31.3. The van der Waals surface area contributed by atoms with Gasteiger partial charge in [0.05, 0.1) is 0 Å². The van der Waals surface area contributed by atoms with Crippen LogP contribution >= 0.6 is 0 Å². The molecule has 0 aromatic heterocycles. The van der Waals surface area contributed by atoms with Crippen LogP contribution in [-0.2, 0) is 0 Å². The van der Waals surface area contributed by atoms with Gasteiger partial charge in [-0.1, -0.05) is 0 Å². The smallest absolute Gasteiger partial charge is 0.121 e.